The lowest BCUT2D eigenvalue weighted by molar-refractivity contribution is -0.139. The zero-order valence-electron chi connectivity index (χ0n) is 35.9. The van der Waals surface area contributed by atoms with Crippen molar-refractivity contribution in [2.45, 2.75) is 70.1 Å². The number of fused-ring (bicyclic) bond motifs is 2. The van der Waals surface area contributed by atoms with Crippen molar-refractivity contribution in [2.75, 3.05) is 70.7 Å². The molecule has 0 saturated carbocycles. The second kappa shape index (κ2) is 21.2. The number of aliphatic hydroxyl groups excluding tert-OH is 1. The molecule has 3 aromatic carbocycles. The van der Waals surface area contributed by atoms with E-state index in [1.165, 1.54) is 18.2 Å². The van der Waals surface area contributed by atoms with Crippen LogP contribution in [0, 0.1) is 11.3 Å². The van der Waals surface area contributed by atoms with Gasteiger partial charge in [-0.15, -0.1) is 0 Å². The molecular weight excluding hydrogens is 863 g/mol. The van der Waals surface area contributed by atoms with Gasteiger partial charge in [-0.2, -0.15) is 5.26 Å². The average Bonchev–Trinajstić information content (AvgIpc) is 3.55. The fraction of sp³-hybridized carbons (Fsp3) is 0.435. The molecule has 0 radical (unpaired) electrons. The number of nitrogens with one attached hydrogen (secondary N) is 3. The Balaban J connectivity index is 0.789. The second-order valence-corrected chi connectivity index (χ2v) is 16.8. The number of amides is 4. The maximum Gasteiger partial charge on any atom is 0.257 e. The van der Waals surface area contributed by atoms with E-state index in [4.69, 9.17) is 37.4 Å². The van der Waals surface area contributed by atoms with Crippen LogP contribution in [-0.4, -0.2) is 115 Å². The van der Waals surface area contributed by atoms with Gasteiger partial charge < -0.3 is 34.9 Å². The van der Waals surface area contributed by atoms with Gasteiger partial charge in [-0.1, -0.05) is 48.5 Å². The number of carbonyl (C=O) groups is 4. The van der Waals surface area contributed by atoms with Gasteiger partial charge >= 0.3 is 0 Å². The molecule has 1 aromatic heterocycles. The van der Waals surface area contributed by atoms with Crippen LogP contribution in [0.25, 0.3) is 10.9 Å². The van der Waals surface area contributed by atoms with E-state index in [2.05, 4.69) is 31.9 Å². The molecule has 0 bridgehead atoms. The minimum absolute atomic E-state index is 0.111. The minimum atomic E-state index is -1.28. The summed E-state index contributed by atoms with van der Waals surface area (Å²) in [6.45, 7) is 4.90. The summed E-state index contributed by atoms with van der Waals surface area (Å²) in [6.07, 6.45) is 6.40. The van der Waals surface area contributed by atoms with Crippen LogP contribution >= 0.6 is 23.2 Å². The van der Waals surface area contributed by atoms with Gasteiger partial charge in [0.25, 0.3) is 5.91 Å². The first kappa shape index (κ1) is 46.1. The topological polar surface area (TPSA) is 199 Å². The lowest BCUT2D eigenvalue weighted by atomic mass is 10.0. The standard InChI is InChI=1S/C46H52Cl2N8O8/c1-62-37-25-35(31(47)23-32(37)48)52-43-28(26-49)27-51-34-24-39(38(63-2)22-30(34)43)64-21-9-16-54-17-19-55(20-18-54)41(58)12-6-4-3-5-7-15-50-33-11-8-10-29-42(33)46(61)56(45(29)60)36-13-14-40(57)53-44(36)59/h8,10-11,22-25,27,36,46,50,61H,3-7,9,12-21H2,1-2H3,(H,51,52)(H,53,57,59). The fourth-order valence-electron chi connectivity index (χ4n) is 8.44. The first-order chi connectivity index (χ1) is 31.0. The van der Waals surface area contributed by atoms with E-state index in [1.807, 2.05) is 11.0 Å². The Morgan fingerprint density at radius 3 is 2.45 bits per heavy atom. The highest BCUT2D eigenvalue weighted by molar-refractivity contribution is 6.37. The number of aliphatic hydroxyl groups is 1. The van der Waals surface area contributed by atoms with E-state index >= 15 is 0 Å². The van der Waals surface area contributed by atoms with Crippen LogP contribution in [0.3, 0.4) is 0 Å². The number of carbonyl (C=O) groups excluding carboxylic acids is 4. The summed E-state index contributed by atoms with van der Waals surface area (Å²) in [5, 5.41) is 31.2. The third-order valence-corrected chi connectivity index (χ3v) is 12.5. The number of hydrogen-bond acceptors (Lipinski definition) is 13. The van der Waals surface area contributed by atoms with Gasteiger partial charge in [0.15, 0.2) is 17.7 Å². The van der Waals surface area contributed by atoms with Crippen molar-refractivity contribution >= 4 is 74.8 Å². The Bertz CT molecular complexity index is 2440. The molecule has 18 heteroatoms. The molecule has 64 heavy (non-hydrogen) atoms. The Kier molecular flexibility index (Phi) is 15.3. The van der Waals surface area contributed by atoms with Crippen LogP contribution in [0.4, 0.5) is 17.1 Å². The number of nitrogens with zero attached hydrogens (tertiary/aromatic N) is 5. The average molecular weight is 916 g/mol. The summed E-state index contributed by atoms with van der Waals surface area (Å²) >= 11 is 12.7. The third-order valence-electron chi connectivity index (χ3n) is 11.9. The number of piperidine rings is 1. The Hall–Kier alpha value is -5.86. The van der Waals surface area contributed by atoms with Crippen molar-refractivity contribution in [3.8, 4) is 23.3 Å². The van der Waals surface area contributed by atoms with Crippen molar-refractivity contribution < 1.29 is 38.5 Å². The normalized spacial score (nSPS) is 17.5. The minimum Gasteiger partial charge on any atom is -0.495 e. The zero-order valence-corrected chi connectivity index (χ0v) is 37.4. The number of aromatic nitrogens is 1. The molecule has 3 aliphatic rings. The highest BCUT2D eigenvalue weighted by Gasteiger charge is 2.45. The van der Waals surface area contributed by atoms with Crippen molar-refractivity contribution in [3.63, 3.8) is 0 Å². The number of halogens is 2. The molecule has 0 aliphatic carbocycles. The molecule has 2 fully saturated rings. The molecule has 2 unspecified atom stereocenters. The summed E-state index contributed by atoms with van der Waals surface area (Å²) in [7, 11) is 3.07. The number of unbranched alkanes of at least 4 members (excludes halogenated alkanes) is 4. The number of imide groups is 1. The van der Waals surface area contributed by atoms with E-state index in [0.717, 1.165) is 58.2 Å². The zero-order chi connectivity index (χ0) is 45.3. The highest BCUT2D eigenvalue weighted by atomic mass is 35.5. The number of piperazine rings is 1. The maximum absolute atomic E-state index is 13.2. The van der Waals surface area contributed by atoms with Crippen LogP contribution in [0.5, 0.6) is 17.2 Å². The summed E-state index contributed by atoms with van der Waals surface area (Å²) in [4.78, 5) is 60.2. The monoisotopic (exact) mass is 914 g/mol. The van der Waals surface area contributed by atoms with Crippen molar-refractivity contribution in [3.05, 3.63) is 75.4 Å². The number of ether oxygens (including phenoxy) is 3. The van der Waals surface area contributed by atoms with Gasteiger partial charge in [0.2, 0.25) is 17.7 Å². The quantitative estimate of drug-likeness (QED) is 0.0567. The molecule has 2 saturated heterocycles. The lowest BCUT2D eigenvalue weighted by Crippen LogP contribution is -2.53. The molecule has 16 nitrogen and oxygen atoms in total. The van der Waals surface area contributed by atoms with Gasteiger partial charge in [-0.25, -0.2) is 0 Å². The molecular formula is C46H52Cl2N8O8. The molecule has 3 aliphatic heterocycles. The molecule has 2 atom stereocenters. The Labute approximate surface area is 381 Å². The summed E-state index contributed by atoms with van der Waals surface area (Å²) in [5.74, 6) is 0.268. The van der Waals surface area contributed by atoms with E-state index in [-0.39, 0.29) is 24.7 Å². The maximum atomic E-state index is 13.2. The van der Waals surface area contributed by atoms with E-state index < -0.39 is 24.1 Å². The van der Waals surface area contributed by atoms with E-state index in [9.17, 15) is 29.5 Å². The summed E-state index contributed by atoms with van der Waals surface area (Å²) in [6, 6.07) is 13.3. The number of rotatable bonds is 19. The molecule has 0 spiro atoms. The number of methoxy groups -OCH3 is 2. The molecule has 4 N–H and O–H groups in total. The first-order valence-corrected chi connectivity index (χ1v) is 22.3. The largest absolute Gasteiger partial charge is 0.495 e. The highest BCUT2D eigenvalue weighted by Crippen LogP contribution is 2.42. The van der Waals surface area contributed by atoms with E-state index in [0.29, 0.717) is 105 Å². The molecule has 4 heterocycles. The van der Waals surface area contributed by atoms with E-state index in [1.54, 1.807) is 43.5 Å². The van der Waals surface area contributed by atoms with Crippen LogP contribution in [0.15, 0.2) is 48.7 Å². The summed E-state index contributed by atoms with van der Waals surface area (Å²) < 4.78 is 17.2. The molecule has 4 aromatic rings. The summed E-state index contributed by atoms with van der Waals surface area (Å²) in [5.41, 5.74) is 3.37. The molecule has 7 rings (SSSR count). The number of pyridine rings is 1. The third kappa shape index (κ3) is 10.4. The first-order valence-electron chi connectivity index (χ1n) is 21.6. The Morgan fingerprint density at radius 2 is 1.70 bits per heavy atom. The Morgan fingerprint density at radius 1 is 0.938 bits per heavy atom. The van der Waals surface area contributed by atoms with Crippen LogP contribution in [-0.2, 0) is 14.4 Å². The van der Waals surface area contributed by atoms with Gasteiger partial charge in [-0.05, 0) is 49.9 Å². The smallest absolute Gasteiger partial charge is 0.257 e. The van der Waals surface area contributed by atoms with Crippen LogP contribution < -0.4 is 30.2 Å². The molecule has 338 valence electrons. The van der Waals surface area contributed by atoms with Gasteiger partial charge in [0.05, 0.1) is 53.3 Å². The van der Waals surface area contributed by atoms with Crippen molar-refractivity contribution in [2.24, 2.45) is 0 Å². The van der Waals surface area contributed by atoms with Gasteiger partial charge in [0, 0.05) is 92.6 Å². The number of hydrogen-bond donors (Lipinski definition) is 4. The lowest BCUT2D eigenvalue weighted by Gasteiger charge is -2.34. The van der Waals surface area contributed by atoms with Crippen LogP contribution in [0.2, 0.25) is 10.0 Å². The SMILES string of the molecule is COc1cc(Nc2c(C#N)cnc3cc(OCCCN4CCN(C(=O)CCCCCCCNc5cccc6c5C(O)N(C5CCC(=O)NC5=O)C6=O)CC4)c(OC)cc23)c(Cl)cc1Cl. The van der Waals surface area contributed by atoms with Crippen molar-refractivity contribution in [1.82, 2.24) is 25.0 Å². The fourth-order valence-corrected chi connectivity index (χ4v) is 8.95. The van der Waals surface area contributed by atoms with Crippen molar-refractivity contribution in [1.29, 1.82) is 5.26 Å². The number of benzene rings is 3. The van der Waals surface area contributed by atoms with Gasteiger partial charge in [0.1, 0.15) is 17.9 Å². The number of nitriles is 1. The second-order valence-electron chi connectivity index (χ2n) is 16.0. The van der Waals surface area contributed by atoms with Gasteiger partial charge in [-0.3, -0.25) is 39.3 Å². The van der Waals surface area contributed by atoms with Crippen LogP contribution in [0.1, 0.15) is 85.5 Å². The predicted molar refractivity (Wildman–Crippen MR) is 242 cm³/mol. The predicted octanol–water partition coefficient (Wildman–Crippen LogP) is 6.79. The molecule has 4 amide bonds. The number of anilines is 3.